The Morgan fingerprint density at radius 1 is 1.32 bits per heavy atom. The molecule has 1 aliphatic heterocycles. The maximum atomic E-state index is 12.1. The maximum Gasteiger partial charge on any atom is 0.327 e. The Morgan fingerprint density at radius 3 is 2.74 bits per heavy atom. The van der Waals surface area contributed by atoms with E-state index in [9.17, 15) is 9.59 Å². The third-order valence-corrected chi connectivity index (χ3v) is 3.32. The number of aliphatic carboxylic acids is 1. The first-order chi connectivity index (χ1) is 9.18. The van der Waals surface area contributed by atoms with Crippen molar-refractivity contribution in [3.8, 4) is 0 Å². The minimum atomic E-state index is -0.944. The third-order valence-electron chi connectivity index (χ3n) is 3.32. The van der Waals surface area contributed by atoms with E-state index in [1.54, 1.807) is 0 Å². The molecule has 2 rings (SSSR count). The number of nitrogens with zero attached hydrogens (tertiary/aromatic N) is 1. The molecule has 0 saturated carbocycles. The summed E-state index contributed by atoms with van der Waals surface area (Å²) in [6.45, 7) is 1.44. The molecule has 0 radical (unpaired) electrons. The number of benzene rings is 1. The monoisotopic (exact) mass is 262 g/mol. The van der Waals surface area contributed by atoms with Crippen molar-refractivity contribution in [2.75, 3.05) is 19.6 Å². The number of hydrogen-bond acceptors (Lipinski definition) is 3. The predicted molar refractivity (Wildman–Crippen MR) is 70.8 cm³/mol. The van der Waals surface area contributed by atoms with Gasteiger partial charge in [-0.3, -0.25) is 4.79 Å². The van der Waals surface area contributed by atoms with Crippen LogP contribution in [0.25, 0.3) is 0 Å². The highest BCUT2D eigenvalue weighted by molar-refractivity contribution is 5.84. The molecule has 0 aliphatic carbocycles. The molecular formula is C14H18N2O3. The van der Waals surface area contributed by atoms with Crippen molar-refractivity contribution < 1.29 is 14.7 Å². The molecule has 1 aromatic carbocycles. The van der Waals surface area contributed by atoms with Gasteiger partial charge in [0.2, 0.25) is 5.91 Å². The lowest BCUT2D eigenvalue weighted by atomic mass is 10.1. The van der Waals surface area contributed by atoms with E-state index in [0.717, 1.165) is 5.56 Å². The molecule has 2 N–H and O–H groups in total. The number of rotatable bonds is 4. The molecule has 1 heterocycles. The Balaban J connectivity index is 1.93. The van der Waals surface area contributed by atoms with Gasteiger partial charge in [0.25, 0.3) is 0 Å². The van der Waals surface area contributed by atoms with Gasteiger partial charge in [-0.25, -0.2) is 4.79 Å². The fourth-order valence-corrected chi connectivity index (χ4v) is 2.26. The van der Waals surface area contributed by atoms with E-state index in [1.807, 2.05) is 30.3 Å². The minimum absolute atomic E-state index is 0.0854. The quantitative estimate of drug-likeness (QED) is 0.829. The van der Waals surface area contributed by atoms with Crippen molar-refractivity contribution in [1.29, 1.82) is 0 Å². The lowest BCUT2D eigenvalue weighted by Gasteiger charge is -2.33. The van der Waals surface area contributed by atoms with Gasteiger partial charge in [0, 0.05) is 26.1 Å². The second-order valence-corrected chi connectivity index (χ2v) is 4.63. The van der Waals surface area contributed by atoms with Crippen LogP contribution in [0.2, 0.25) is 0 Å². The van der Waals surface area contributed by atoms with E-state index in [-0.39, 0.29) is 5.91 Å². The zero-order valence-electron chi connectivity index (χ0n) is 10.7. The minimum Gasteiger partial charge on any atom is -0.480 e. The van der Waals surface area contributed by atoms with Gasteiger partial charge in [0.15, 0.2) is 0 Å². The van der Waals surface area contributed by atoms with Gasteiger partial charge >= 0.3 is 5.97 Å². The summed E-state index contributed by atoms with van der Waals surface area (Å²) in [7, 11) is 0. The van der Waals surface area contributed by atoms with Gasteiger partial charge in [0.1, 0.15) is 6.04 Å². The SMILES string of the molecule is O=C(O)C1CNCCN1C(=O)CCc1ccccc1. The van der Waals surface area contributed by atoms with Gasteiger partial charge in [-0.2, -0.15) is 0 Å². The average molecular weight is 262 g/mol. The van der Waals surface area contributed by atoms with Gasteiger partial charge in [0.05, 0.1) is 0 Å². The fourth-order valence-electron chi connectivity index (χ4n) is 2.26. The molecule has 1 aliphatic rings. The Bertz CT molecular complexity index is 447. The van der Waals surface area contributed by atoms with Crippen molar-refractivity contribution in [2.24, 2.45) is 0 Å². The number of nitrogens with one attached hydrogen (secondary N) is 1. The van der Waals surface area contributed by atoms with Gasteiger partial charge < -0.3 is 15.3 Å². The van der Waals surface area contributed by atoms with Crippen LogP contribution in [0.4, 0.5) is 0 Å². The molecule has 0 bridgehead atoms. The molecule has 0 spiro atoms. The summed E-state index contributed by atoms with van der Waals surface area (Å²) in [5.74, 6) is -1.03. The molecule has 1 aromatic rings. The lowest BCUT2D eigenvalue weighted by molar-refractivity contribution is -0.151. The summed E-state index contributed by atoms with van der Waals surface area (Å²) in [6.07, 6.45) is 1.00. The first kappa shape index (κ1) is 13.5. The molecule has 1 unspecified atom stereocenters. The fraction of sp³-hybridized carbons (Fsp3) is 0.429. The predicted octanol–water partition coefficient (Wildman–Crippen LogP) is 0.504. The Morgan fingerprint density at radius 2 is 2.05 bits per heavy atom. The molecular weight excluding hydrogens is 244 g/mol. The van der Waals surface area contributed by atoms with Crippen molar-refractivity contribution >= 4 is 11.9 Å². The Hall–Kier alpha value is -1.88. The number of carboxylic acids is 1. The molecule has 102 valence electrons. The molecule has 1 amide bonds. The second kappa shape index (κ2) is 6.33. The van der Waals surface area contributed by atoms with E-state index in [0.29, 0.717) is 32.5 Å². The number of piperazine rings is 1. The summed E-state index contributed by atoms with van der Waals surface area (Å²) >= 11 is 0. The third kappa shape index (κ3) is 3.54. The van der Waals surface area contributed by atoms with Crippen molar-refractivity contribution in [3.63, 3.8) is 0 Å². The normalized spacial score (nSPS) is 19.2. The van der Waals surface area contributed by atoms with Crippen LogP contribution in [0.15, 0.2) is 30.3 Å². The molecule has 1 saturated heterocycles. The highest BCUT2D eigenvalue weighted by atomic mass is 16.4. The molecule has 1 fully saturated rings. The second-order valence-electron chi connectivity index (χ2n) is 4.63. The number of hydrogen-bond donors (Lipinski definition) is 2. The van der Waals surface area contributed by atoms with Crippen molar-refractivity contribution in [3.05, 3.63) is 35.9 Å². The van der Waals surface area contributed by atoms with Crippen LogP contribution in [0.3, 0.4) is 0 Å². The standard InChI is InChI=1S/C14H18N2O3/c17-13(7-6-11-4-2-1-3-5-11)16-9-8-15-10-12(16)14(18)19/h1-5,12,15H,6-10H2,(H,18,19). The molecule has 5 heteroatoms. The van der Waals surface area contributed by atoms with Crippen LogP contribution in [-0.4, -0.2) is 47.6 Å². The Labute approximate surface area is 112 Å². The summed E-state index contributed by atoms with van der Waals surface area (Å²) in [6, 6.07) is 9.01. The summed E-state index contributed by atoms with van der Waals surface area (Å²) in [5.41, 5.74) is 1.10. The van der Waals surface area contributed by atoms with E-state index in [1.165, 1.54) is 4.90 Å². The van der Waals surface area contributed by atoms with Gasteiger partial charge in [-0.05, 0) is 12.0 Å². The summed E-state index contributed by atoms with van der Waals surface area (Å²) < 4.78 is 0. The van der Waals surface area contributed by atoms with Crippen LogP contribution in [0.5, 0.6) is 0 Å². The van der Waals surface area contributed by atoms with Crippen LogP contribution in [0.1, 0.15) is 12.0 Å². The Kier molecular flexibility index (Phi) is 4.52. The topological polar surface area (TPSA) is 69.6 Å². The van der Waals surface area contributed by atoms with Crippen LogP contribution in [0, 0.1) is 0 Å². The van der Waals surface area contributed by atoms with E-state index in [4.69, 9.17) is 5.11 Å². The van der Waals surface area contributed by atoms with E-state index >= 15 is 0 Å². The van der Waals surface area contributed by atoms with Crippen LogP contribution < -0.4 is 5.32 Å². The molecule has 19 heavy (non-hydrogen) atoms. The molecule has 1 atom stereocenters. The first-order valence-corrected chi connectivity index (χ1v) is 6.45. The zero-order valence-corrected chi connectivity index (χ0v) is 10.7. The van der Waals surface area contributed by atoms with Crippen LogP contribution in [-0.2, 0) is 16.0 Å². The smallest absolute Gasteiger partial charge is 0.327 e. The van der Waals surface area contributed by atoms with E-state index < -0.39 is 12.0 Å². The maximum absolute atomic E-state index is 12.1. The van der Waals surface area contributed by atoms with Gasteiger partial charge in [-0.15, -0.1) is 0 Å². The average Bonchev–Trinajstić information content (AvgIpc) is 2.46. The van der Waals surface area contributed by atoms with E-state index in [2.05, 4.69) is 5.32 Å². The molecule has 0 aromatic heterocycles. The van der Waals surface area contributed by atoms with Crippen molar-refractivity contribution in [1.82, 2.24) is 10.2 Å². The zero-order chi connectivity index (χ0) is 13.7. The highest BCUT2D eigenvalue weighted by Gasteiger charge is 2.31. The lowest BCUT2D eigenvalue weighted by Crippen LogP contribution is -2.57. The summed E-state index contributed by atoms with van der Waals surface area (Å²) in [5, 5.41) is 12.1. The number of aryl methyl sites for hydroxylation is 1. The number of amides is 1. The first-order valence-electron chi connectivity index (χ1n) is 6.45. The van der Waals surface area contributed by atoms with Crippen LogP contribution >= 0.6 is 0 Å². The highest BCUT2D eigenvalue weighted by Crippen LogP contribution is 2.09. The number of carbonyl (C=O) groups excluding carboxylic acids is 1. The number of carboxylic acid groups (broad SMARTS) is 1. The molecule has 5 nitrogen and oxygen atoms in total. The largest absolute Gasteiger partial charge is 0.480 e. The van der Waals surface area contributed by atoms with Gasteiger partial charge in [-0.1, -0.05) is 30.3 Å². The van der Waals surface area contributed by atoms with Crippen molar-refractivity contribution in [2.45, 2.75) is 18.9 Å². The number of carbonyl (C=O) groups is 2. The summed E-state index contributed by atoms with van der Waals surface area (Å²) in [4.78, 5) is 24.7.